The van der Waals surface area contributed by atoms with Crippen LogP contribution >= 0.6 is 7.26 Å². The highest BCUT2D eigenvalue weighted by Gasteiger charge is 2.45. The molecule has 3 aromatic heterocycles. The van der Waals surface area contributed by atoms with Gasteiger partial charge in [0.25, 0.3) is 0 Å². The number of hydrogen-bond donors (Lipinski definition) is 2. The van der Waals surface area contributed by atoms with Gasteiger partial charge in [-0.15, -0.1) is 0 Å². The second-order valence-corrected chi connectivity index (χ2v) is 21.8. The van der Waals surface area contributed by atoms with E-state index in [1.54, 1.807) is 4.90 Å². The number of benzene rings is 3. The van der Waals surface area contributed by atoms with Gasteiger partial charge in [-0.2, -0.15) is 0 Å². The van der Waals surface area contributed by atoms with Crippen LogP contribution in [0.15, 0.2) is 116 Å². The third-order valence-corrected chi connectivity index (χ3v) is 18.9. The monoisotopic (exact) mass is 940 g/mol. The lowest BCUT2D eigenvalue weighted by molar-refractivity contribution is -0.141. The molecule has 8 bridgehead atoms. The molecular weight excluding hydrogens is 878 g/mol. The molecule has 5 heterocycles. The molecule has 69 heavy (non-hydrogen) atoms. The van der Waals surface area contributed by atoms with Gasteiger partial charge in [0.15, 0.2) is 0 Å². The Labute approximate surface area is 406 Å². The molecule has 11 heteroatoms. The van der Waals surface area contributed by atoms with Gasteiger partial charge in [0, 0.05) is 70.7 Å². The van der Waals surface area contributed by atoms with Crippen LogP contribution in [-0.4, -0.2) is 76.7 Å². The Bertz CT molecular complexity index is 3020. The molecule has 0 spiro atoms. The van der Waals surface area contributed by atoms with Crippen LogP contribution in [0.1, 0.15) is 102 Å². The Hall–Kier alpha value is -6.90. The summed E-state index contributed by atoms with van der Waals surface area (Å²) in [5.74, 6) is -1.53. The van der Waals surface area contributed by atoms with Gasteiger partial charge in [-0.1, -0.05) is 81.1 Å². The maximum absolute atomic E-state index is 15.1. The zero-order valence-electron chi connectivity index (χ0n) is 41.1. The van der Waals surface area contributed by atoms with Crippen molar-refractivity contribution in [2.24, 2.45) is 0 Å². The smallest absolute Gasteiger partial charge is 0.340 e. The fraction of sp³-hybridized carbons (Fsp3) is 0.293. The van der Waals surface area contributed by atoms with E-state index < -0.39 is 13.2 Å². The van der Waals surface area contributed by atoms with Crippen molar-refractivity contribution < 1.29 is 23.9 Å². The van der Waals surface area contributed by atoms with Gasteiger partial charge in [0.1, 0.15) is 23.2 Å². The molecule has 0 radical (unpaired) electrons. The van der Waals surface area contributed by atoms with Crippen molar-refractivity contribution in [1.29, 1.82) is 0 Å². The number of aryl methyl sites for hydroxylation is 3. The number of carbonyl (C=O) groups is 3. The van der Waals surface area contributed by atoms with Crippen molar-refractivity contribution in [2.75, 3.05) is 34.0 Å². The predicted molar refractivity (Wildman–Crippen MR) is 283 cm³/mol. The van der Waals surface area contributed by atoms with Crippen LogP contribution in [0.3, 0.4) is 0 Å². The number of likely N-dealkylation sites (N-methyl/N-ethyl adjacent to an activating group) is 1. The topological polar surface area (TPSA) is 130 Å². The van der Waals surface area contributed by atoms with E-state index in [0.717, 1.165) is 69.0 Å². The number of ether oxygens (including phenoxy) is 2. The van der Waals surface area contributed by atoms with Crippen LogP contribution in [-0.2, 0) is 36.7 Å². The summed E-state index contributed by atoms with van der Waals surface area (Å²) in [6.07, 6.45) is 4.66. The minimum absolute atomic E-state index is 0.0898. The minimum atomic E-state index is -2.15. The standard InChI is InChI=1S/C58H62N5O5P/c1-10-43-36(3)47-33-49-38(5)45(28-29-54(65)67-8)56(61-49)46(57-55(58(66)68-9)39(6)50(62-57)35-52-44(11-2)37(4)48(60-52)34-51(43)59-47)32-53(64)63(7)30-21-31-69(40-22-15-12-16-23-40,41-24-17-13-18-25-41)42-26-19-14-20-27-42/h10,12-20,22-27,33-35,38,45H,1,11,21,28-32H2,2-9H3,(H-,59,60,61,62,66)/p+1/t38-,45-/m0/s1. The van der Waals surface area contributed by atoms with Gasteiger partial charge < -0.3 is 24.3 Å². The molecule has 0 aliphatic carbocycles. The quantitative estimate of drug-likeness (QED) is 0.0774. The maximum atomic E-state index is 15.1. The Kier molecular flexibility index (Phi) is 14.6. The molecule has 1 amide bonds. The third kappa shape index (κ3) is 9.35. The van der Waals surface area contributed by atoms with Crippen molar-refractivity contribution in [3.8, 4) is 0 Å². The van der Waals surface area contributed by atoms with Crippen molar-refractivity contribution in [3.63, 3.8) is 0 Å². The molecule has 2 aliphatic heterocycles. The summed E-state index contributed by atoms with van der Waals surface area (Å²) in [5, 5.41) is 3.86. The van der Waals surface area contributed by atoms with Gasteiger partial charge in [0.05, 0.1) is 49.5 Å². The number of methoxy groups -OCH3 is 2. The Morgan fingerprint density at radius 3 is 1.93 bits per heavy atom. The van der Waals surface area contributed by atoms with Crippen LogP contribution in [0.25, 0.3) is 39.3 Å². The van der Waals surface area contributed by atoms with E-state index in [9.17, 15) is 9.59 Å². The normalized spacial score (nSPS) is 14.7. The highest BCUT2D eigenvalue weighted by atomic mass is 31.2. The fourth-order valence-electron chi connectivity index (χ4n) is 10.4. The van der Waals surface area contributed by atoms with Crippen molar-refractivity contribution in [2.45, 2.75) is 78.6 Å². The average molecular weight is 941 g/mol. The first-order valence-electron chi connectivity index (χ1n) is 23.9. The number of aromatic nitrogens is 4. The van der Waals surface area contributed by atoms with Crippen LogP contribution in [0.2, 0.25) is 0 Å². The molecule has 0 saturated heterocycles. The van der Waals surface area contributed by atoms with Crippen LogP contribution < -0.4 is 15.9 Å². The Morgan fingerprint density at radius 1 is 0.768 bits per heavy atom. The number of carbonyl (C=O) groups excluding carboxylic acids is 3. The van der Waals surface area contributed by atoms with E-state index >= 15 is 4.79 Å². The Balaban J connectivity index is 1.30. The molecule has 0 unspecified atom stereocenters. The van der Waals surface area contributed by atoms with Crippen LogP contribution in [0.5, 0.6) is 0 Å². The Morgan fingerprint density at radius 2 is 1.36 bits per heavy atom. The summed E-state index contributed by atoms with van der Waals surface area (Å²) < 4.78 is 10.6. The zero-order valence-corrected chi connectivity index (χ0v) is 42.0. The SMILES string of the molecule is C=Cc1c(C)c2cc3nc(c(CC(=O)N(C)CCC[P+](c4ccccc4)(c4ccccc4)c4ccccc4)c4nc(cc5[nH]c(cc1[nH]2)c(C)c5CC)C(C)=C4C(=O)OC)[C@@H](CCC(=O)OC)[C@@H]3C. The number of H-pyrrole nitrogens is 2. The second kappa shape index (κ2) is 20.8. The van der Waals surface area contributed by atoms with Gasteiger partial charge in [-0.05, 0) is 117 Å². The highest BCUT2D eigenvalue weighted by Crippen LogP contribution is 2.56. The van der Waals surface area contributed by atoms with Gasteiger partial charge >= 0.3 is 11.9 Å². The van der Waals surface area contributed by atoms with E-state index in [0.29, 0.717) is 41.2 Å². The van der Waals surface area contributed by atoms with Gasteiger partial charge in [0.2, 0.25) is 5.91 Å². The molecule has 6 aromatic rings. The van der Waals surface area contributed by atoms with Crippen LogP contribution in [0, 0.1) is 13.8 Å². The van der Waals surface area contributed by atoms with Crippen molar-refractivity contribution >= 4 is 80.3 Å². The van der Waals surface area contributed by atoms with E-state index in [4.69, 9.17) is 19.4 Å². The van der Waals surface area contributed by atoms with E-state index in [-0.39, 0.29) is 42.1 Å². The molecule has 2 N–H and O–H groups in total. The van der Waals surface area contributed by atoms with Crippen molar-refractivity contribution in [3.05, 3.63) is 166 Å². The maximum Gasteiger partial charge on any atom is 0.340 e. The van der Waals surface area contributed by atoms with Gasteiger partial charge in [-0.25, -0.2) is 9.78 Å². The first kappa shape index (κ1) is 48.6. The second-order valence-electron chi connectivity index (χ2n) is 18.2. The number of allylic oxidation sites excluding steroid dienone is 1. The summed E-state index contributed by atoms with van der Waals surface area (Å²) in [7, 11) is 2.46. The number of esters is 2. The summed E-state index contributed by atoms with van der Waals surface area (Å²) in [6, 6.07) is 38.5. The van der Waals surface area contributed by atoms with Crippen molar-refractivity contribution in [1.82, 2.24) is 24.8 Å². The number of aromatic amines is 2. The predicted octanol–water partition coefficient (Wildman–Crippen LogP) is 10.5. The highest BCUT2D eigenvalue weighted by molar-refractivity contribution is 7.95. The first-order chi connectivity index (χ1) is 33.3. The van der Waals surface area contributed by atoms with E-state index in [2.05, 4.69) is 147 Å². The third-order valence-electron chi connectivity index (χ3n) is 14.3. The van der Waals surface area contributed by atoms with Crippen LogP contribution in [0.4, 0.5) is 0 Å². The minimum Gasteiger partial charge on any atom is -0.469 e. The number of amides is 1. The summed E-state index contributed by atoms with van der Waals surface area (Å²) in [6.45, 7) is 15.0. The van der Waals surface area contributed by atoms with Gasteiger partial charge in [-0.3, -0.25) is 14.6 Å². The largest absolute Gasteiger partial charge is 0.469 e. The average Bonchev–Trinajstić information content (AvgIpc) is 4.06. The lowest BCUT2D eigenvalue weighted by Crippen LogP contribution is -2.35. The van der Waals surface area contributed by atoms with E-state index in [1.807, 2.05) is 26.1 Å². The number of nitrogens with one attached hydrogen (secondary N) is 2. The summed E-state index contributed by atoms with van der Waals surface area (Å²) in [5.41, 5.74) is 11.6. The molecule has 0 fully saturated rings. The van der Waals surface area contributed by atoms with E-state index in [1.165, 1.54) is 30.1 Å². The molecule has 2 atom stereocenters. The lowest BCUT2D eigenvalue weighted by Gasteiger charge is -2.28. The molecule has 354 valence electrons. The molecule has 3 aromatic carbocycles. The molecule has 10 nitrogen and oxygen atoms in total. The fourth-order valence-corrected chi connectivity index (χ4v) is 14.7. The number of nitrogens with zero attached hydrogens (tertiary/aromatic N) is 3. The number of hydrogen-bond acceptors (Lipinski definition) is 7. The molecule has 0 saturated carbocycles. The summed E-state index contributed by atoms with van der Waals surface area (Å²) >= 11 is 0. The summed E-state index contributed by atoms with van der Waals surface area (Å²) in [4.78, 5) is 61.8. The molecule has 8 rings (SSSR count). The molecular formula is C58H63N5O5P+. The number of rotatable bonds is 15. The number of fused-ring (bicyclic) bond motifs is 8. The zero-order chi connectivity index (χ0) is 49.0. The first-order valence-corrected chi connectivity index (χ1v) is 25.9. The lowest BCUT2D eigenvalue weighted by atomic mass is 9.84. The molecule has 2 aliphatic rings.